The van der Waals surface area contributed by atoms with Gasteiger partial charge in [0.2, 0.25) is 5.91 Å². The number of carbonyl (C=O) groups is 3. The predicted molar refractivity (Wildman–Crippen MR) is 119 cm³/mol. The van der Waals surface area contributed by atoms with Crippen LogP contribution < -0.4 is 10.6 Å². The number of rotatable bonds is 9. The van der Waals surface area contributed by atoms with Gasteiger partial charge in [0.25, 0.3) is 0 Å². The Morgan fingerprint density at radius 3 is 2.19 bits per heavy atom. The van der Waals surface area contributed by atoms with Gasteiger partial charge in [-0.05, 0) is 41.5 Å². The third kappa shape index (κ3) is 4.47. The smallest absolute Gasteiger partial charge is 0.408 e. The molecule has 1 fully saturated rings. The molecule has 1 saturated carbocycles. The van der Waals surface area contributed by atoms with Crippen LogP contribution in [-0.2, 0) is 14.3 Å². The van der Waals surface area contributed by atoms with Gasteiger partial charge >= 0.3 is 12.1 Å². The third-order valence-corrected chi connectivity index (χ3v) is 6.26. The van der Waals surface area contributed by atoms with Crippen molar-refractivity contribution in [2.24, 2.45) is 0 Å². The SMILES string of the molecule is CCCC(CC(=O)O)NC(=O)C1(NC(=O)OCC2c3ccccc3-c3ccccc32)CC1. The van der Waals surface area contributed by atoms with Crippen molar-refractivity contribution in [1.82, 2.24) is 10.6 Å². The summed E-state index contributed by atoms with van der Waals surface area (Å²) in [6.07, 6.45) is 1.57. The van der Waals surface area contributed by atoms with Gasteiger partial charge in [0.05, 0.1) is 6.42 Å². The lowest BCUT2D eigenvalue weighted by molar-refractivity contribution is -0.137. The first-order valence-corrected chi connectivity index (χ1v) is 11.1. The number of nitrogens with one attached hydrogen (secondary N) is 2. The molecule has 0 aromatic heterocycles. The van der Waals surface area contributed by atoms with Gasteiger partial charge in [-0.2, -0.15) is 0 Å². The minimum atomic E-state index is -1.01. The molecular formula is C25H28N2O5. The summed E-state index contributed by atoms with van der Waals surface area (Å²) >= 11 is 0. The summed E-state index contributed by atoms with van der Waals surface area (Å²) in [6, 6.07) is 15.7. The predicted octanol–water partition coefficient (Wildman–Crippen LogP) is 3.82. The molecule has 168 valence electrons. The molecule has 7 heteroatoms. The number of fused-ring (bicyclic) bond motifs is 3. The molecule has 1 atom stereocenters. The Hall–Kier alpha value is -3.35. The first kappa shape index (κ1) is 21.9. The van der Waals surface area contributed by atoms with Crippen molar-refractivity contribution < 1.29 is 24.2 Å². The van der Waals surface area contributed by atoms with Crippen molar-refractivity contribution in [3.63, 3.8) is 0 Å². The summed E-state index contributed by atoms with van der Waals surface area (Å²) in [6.45, 7) is 2.11. The van der Waals surface area contributed by atoms with E-state index in [0.29, 0.717) is 19.3 Å². The monoisotopic (exact) mass is 436 g/mol. The summed E-state index contributed by atoms with van der Waals surface area (Å²) < 4.78 is 5.56. The van der Waals surface area contributed by atoms with Gasteiger partial charge in [0, 0.05) is 12.0 Å². The molecule has 2 aromatic rings. The topological polar surface area (TPSA) is 105 Å². The molecular weight excluding hydrogens is 408 g/mol. The molecule has 4 rings (SSSR count). The Morgan fingerprint density at radius 1 is 1.06 bits per heavy atom. The van der Waals surface area contributed by atoms with Crippen LogP contribution >= 0.6 is 0 Å². The minimum absolute atomic E-state index is 0.0540. The number of aliphatic carboxylic acids is 1. The maximum absolute atomic E-state index is 12.7. The first-order valence-electron chi connectivity index (χ1n) is 11.1. The Morgan fingerprint density at radius 2 is 1.66 bits per heavy atom. The van der Waals surface area contributed by atoms with Gasteiger partial charge in [-0.1, -0.05) is 61.9 Å². The van der Waals surface area contributed by atoms with Gasteiger partial charge in [-0.3, -0.25) is 9.59 Å². The molecule has 1 unspecified atom stereocenters. The highest BCUT2D eigenvalue weighted by Gasteiger charge is 2.52. The number of carbonyl (C=O) groups excluding carboxylic acids is 2. The van der Waals surface area contributed by atoms with Crippen molar-refractivity contribution in [3.8, 4) is 11.1 Å². The Labute approximate surface area is 187 Å². The maximum Gasteiger partial charge on any atom is 0.408 e. The van der Waals surface area contributed by atoms with Gasteiger partial charge in [0.1, 0.15) is 12.1 Å². The number of carboxylic acid groups (broad SMARTS) is 1. The van der Waals surface area contributed by atoms with Crippen LogP contribution in [0.25, 0.3) is 11.1 Å². The molecule has 0 radical (unpaired) electrons. The molecule has 2 aliphatic carbocycles. The summed E-state index contributed by atoms with van der Waals surface area (Å²) in [5, 5.41) is 14.6. The lowest BCUT2D eigenvalue weighted by Crippen LogP contribution is -2.52. The fourth-order valence-electron chi connectivity index (χ4n) is 4.47. The molecule has 0 spiro atoms. The van der Waals surface area contributed by atoms with Gasteiger partial charge in [0.15, 0.2) is 0 Å². The van der Waals surface area contributed by atoms with Crippen LogP contribution in [0.3, 0.4) is 0 Å². The quantitative estimate of drug-likeness (QED) is 0.554. The number of hydrogen-bond donors (Lipinski definition) is 3. The highest BCUT2D eigenvalue weighted by atomic mass is 16.5. The second-order valence-electron chi connectivity index (χ2n) is 8.59. The first-order chi connectivity index (χ1) is 15.4. The number of ether oxygens (including phenoxy) is 1. The second-order valence-corrected chi connectivity index (χ2v) is 8.59. The second kappa shape index (κ2) is 9.02. The Kier molecular flexibility index (Phi) is 6.17. The third-order valence-electron chi connectivity index (χ3n) is 6.26. The van der Waals surface area contributed by atoms with E-state index in [1.807, 2.05) is 43.3 Å². The van der Waals surface area contributed by atoms with Crippen LogP contribution in [0.2, 0.25) is 0 Å². The zero-order chi connectivity index (χ0) is 22.7. The summed E-state index contributed by atoms with van der Waals surface area (Å²) in [5.41, 5.74) is 3.53. The summed E-state index contributed by atoms with van der Waals surface area (Å²) in [4.78, 5) is 36.4. The van der Waals surface area contributed by atoms with Gasteiger partial charge in [-0.15, -0.1) is 0 Å². The lowest BCUT2D eigenvalue weighted by atomic mass is 9.98. The normalized spacial score (nSPS) is 16.4. The van der Waals surface area contributed by atoms with E-state index in [1.165, 1.54) is 0 Å². The number of hydrogen-bond acceptors (Lipinski definition) is 4. The molecule has 7 nitrogen and oxygen atoms in total. The molecule has 2 aromatic carbocycles. The fraction of sp³-hybridized carbons (Fsp3) is 0.400. The average Bonchev–Trinajstić information content (AvgIpc) is 3.48. The van der Waals surface area contributed by atoms with Crippen molar-refractivity contribution in [3.05, 3.63) is 59.7 Å². The molecule has 2 aliphatic rings. The molecule has 0 aliphatic heterocycles. The van der Waals surface area contributed by atoms with Crippen molar-refractivity contribution in [1.29, 1.82) is 0 Å². The molecule has 3 N–H and O–H groups in total. The highest BCUT2D eigenvalue weighted by Crippen LogP contribution is 2.44. The van der Waals surface area contributed by atoms with E-state index >= 15 is 0 Å². The van der Waals surface area contributed by atoms with Crippen LogP contribution in [0.4, 0.5) is 4.79 Å². The molecule has 0 saturated heterocycles. The Balaban J connectivity index is 1.37. The van der Waals surface area contributed by atoms with Crippen LogP contribution in [0.15, 0.2) is 48.5 Å². The Bertz CT molecular complexity index is 985. The standard InChI is InChI=1S/C25H28N2O5/c1-2-7-16(14-22(28)29)26-23(30)25(12-13-25)27-24(31)32-15-21-19-10-5-3-8-17(19)18-9-4-6-11-20(18)21/h3-6,8-11,16,21H,2,7,12-15H2,1H3,(H,26,30)(H,27,31)(H,28,29). The van der Waals surface area contributed by atoms with E-state index in [2.05, 4.69) is 22.8 Å². The number of amides is 2. The number of carboxylic acids is 1. The largest absolute Gasteiger partial charge is 0.481 e. The van der Waals surface area contributed by atoms with Gasteiger partial charge < -0.3 is 20.5 Å². The average molecular weight is 437 g/mol. The van der Waals surface area contributed by atoms with Crippen LogP contribution in [0.1, 0.15) is 56.1 Å². The number of benzene rings is 2. The molecule has 2 amide bonds. The van der Waals surface area contributed by atoms with E-state index in [0.717, 1.165) is 28.7 Å². The summed E-state index contributed by atoms with van der Waals surface area (Å²) in [7, 11) is 0. The van der Waals surface area contributed by atoms with Crippen LogP contribution in [0, 0.1) is 0 Å². The molecule has 32 heavy (non-hydrogen) atoms. The van der Waals surface area contributed by atoms with Crippen molar-refractivity contribution in [2.45, 2.75) is 56.5 Å². The molecule has 0 bridgehead atoms. The van der Waals surface area contributed by atoms with E-state index < -0.39 is 23.6 Å². The lowest BCUT2D eigenvalue weighted by Gasteiger charge is -2.22. The number of alkyl carbamates (subject to hydrolysis) is 1. The van der Waals surface area contributed by atoms with Crippen molar-refractivity contribution >= 4 is 18.0 Å². The van der Waals surface area contributed by atoms with E-state index in [1.54, 1.807) is 0 Å². The summed E-state index contributed by atoms with van der Waals surface area (Å²) in [5.74, 6) is -1.36. The van der Waals surface area contributed by atoms with E-state index in [-0.39, 0.29) is 24.9 Å². The highest BCUT2D eigenvalue weighted by molar-refractivity contribution is 5.93. The van der Waals surface area contributed by atoms with E-state index in [4.69, 9.17) is 9.84 Å². The van der Waals surface area contributed by atoms with Crippen LogP contribution in [-0.4, -0.2) is 41.3 Å². The fourth-order valence-corrected chi connectivity index (χ4v) is 4.47. The van der Waals surface area contributed by atoms with E-state index in [9.17, 15) is 14.4 Å². The maximum atomic E-state index is 12.7. The minimum Gasteiger partial charge on any atom is -0.481 e. The molecule has 0 heterocycles. The van der Waals surface area contributed by atoms with Crippen LogP contribution in [0.5, 0.6) is 0 Å². The zero-order valence-electron chi connectivity index (χ0n) is 18.1. The van der Waals surface area contributed by atoms with Crippen molar-refractivity contribution in [2.75, 3.05) is 6.61 Å². The van der Waals surface area contributed by atoms with Gasteiger partial charge in [-0.25, -0.2) is 4.79 Å². The zero-order valence-corrected chi connectivity index (χ0v) is 18.1.